The van der Waals surface area contributed by atoms with Crippen molar-refractivity contribution in [1.29, 1.82) is 0 Å². The van der Waals surface area contributed by atoms with Crippen LogP contribution in [0.1, 0.15) is 36.8 Å². The zero-order valence-electron chi connectivity index (χ0n) is 16.6. The number of phenolic OH excluding ortho intramolecular Hbond substituents is 1. The van der Waals surface area contributed by atoms with Crippen LogP contribution >= 0.6 is 0 Å². The number of nitrogens with one attached hydrogen (secondary N) is 1. The second-order valence-corrected chi connectivity index (χ2v) is 8.15. The summed E-state index contributed by atoms with van der Waals surface area (Å²) >= 11 is 0. The normalized spacial score (nSPS) is 24.1. The number of benzene rings is 1. The van der Waals surface area contributed by atoms with Crippen LogP contribution in [0, 0.1) is 0 Å². The first-order valence-electron chi connectivity index (χ1n) is 10.5. The van der Waals surface area contributed by atoms with Gasteiger partial charge in [-0.1, -0.05) is 0 Å². The van der Waals surface area contributed by atoms with Gasteiger partial charge in [-0.15, -0.1) is 0 Å². The van der Waals surface area contributed by atoms with Crippen molar-refractivity contribution in [3.05, 3.63) is 23.3 Å². The minimum Gasteiger partial charge on any atom is -0.507 e. The molecule has 0 bridgehead atoms. The van der Waals surface area contributed by atoms with Crippen molar-refractivity contribution < 1.29 is 5.11 Å². The van der Waals surface area contributed by atoms with E-state index in [4.69, 9.17) is 0 Å². The third-order valence-corrected chi connectivity index (χ3v) is 6.02. The second kappa shape index (κ2) is 8.04. The molecule has 5 rings (SSSR count). The van der Waals surface area contributed by atoms with Crippen LogP contribution in [0.25, 0.3) is 0 Å². The van der Waals surface area contributed by atoms with E-state index in [9.17, 15) is 5.11 Å². The highest BCUT2D eigenvalue weighted by Crippen LogP contribution is 2.31. The molecular formula is C21H27N7O. The van der Waals surface area contributed by atoms with Gasteiger partial charge >= 0.3 is 0 Å². The number of phenols is 1. The Balaban J connectivity index is 1.43. The number of likely N-dealkylation sites (tertiary alicyclic amines) is 2. The zero-order valence-corrected chi connectivity index (χ0v) is 16.6. The minimum absolute atomic E-state index is 0.266. The van der Waals surface area contributed by atoms with E-state index in [1.165, 1.54) is 38.4 Å². The van der Waals surface area contributed by atoms with E-state index in [-0.39, 0.29) is 6.04 Å². The highest BCUT2D eigenvalue weighted by molar-refractivity contribution is 6.23. The average Bonchev–Trinajstić information content (AvgIpc) is 3.48. The molecule has 0 aromatic heterocycles. The van der Waals surface area contributed by atoms with E-state index in [1.807, 2.05) is 12.1 Å². The molecule has 2 saturated heterocycles. The molecule has 8 nitrogen and oxygen atoms in total. The summed E-state index contributed by atoms with van der Waals surface area (Å²) in [6, 6.07) is 3.83. The Morgan fingerprint density at radius 1 is 0.897 bits per heavy atom. The van der Waals surface area contributed by atoms with Gasteiger partial charge in [-0.2, -0.15) is 0 Å². The van der Waals surface area contributed by atoms with Crippen LogP contribution in [0.3, 0.4) is 0 Å². The fourth-order valence-corrected chi connectivity index (χ4v) is 4.50. The summed E-state index contributed by atoms with van der Waals surface area (Å²) in [4.78, 5) is 22.0. The van der Waals surface area contributed by atoms with Gasteiger partial charge in [0, 0.05) is 29.9 Å². The second-order valence-electron chi connectivity index (χ2n) is 8.15. The van der Waals surface area contributed by atoms with Gasteiger partial charge in [0.05, 0.1) is 0 Å². The zero-order chi connectivity index (χ0) is 19.6. The molecule has 4 aliphatic heterocycles. The highest BCUT2D eigenvalue weighted by atomic mass is 16.3. The van der Waals surface area contributed by atoms with Gasteiger partial charge in [-0.05, 0) is 64.0 Å². The van der Waals surface area contributed by atoms with Crippen molar-refractivity contribution >= 4 is 30.0 Å². The summed E-state index contributed by atoms with van der Waals surface area (Å²) in [5.41, 5.74) is 2.88. The largest absolute Gasteiger partial charge is 0.507 e. The van der Waals surface area contributed by atoms with Crippen molar-refractivity contribution in [2.24, 2.45) is 20.0 Å². The van der Waals surface area contributed by atoms with E-state index in [0.717, 1.165) is 61.9 Å². The first-order valence-corrected chi connectivity index (χ1v) is 10.5. The smallest absolute Gasteiger partial charge is 0.169 e. The molecule has 0 radical (unpaired) electrons. The Labute approximate surface area is 170 Å². The Kier molecular flexibility index (Phi) is 5.12. The molecule has 152 valence electrons. The predicted molar refractivity (Wildman–Crippen MR) is 116 cm³/mol. The molecule has 0 spiro atoms. The first-order chi connectivity index (χ1) is 14.3. The van der Waals surface area contributed by atoms with E-state index >= 15 is 0 Å². The van der Waals surface area contributed by atoms with Crippen LogP contribution in [0.2, 0.25) is 0 Å². The maximum atomic E-state index is 11.0. The number of nitrogens with zero attached hydrogens (tertiary/aromatic N) is 6. The Bertz CT molecular complexity index is 853. The molecule has 29 heavy (non-hydrogen) atoms. The number of fused-ring (bicyclic) bond motifs is 1. The lowest BCUT2D eigenvalue weighted by molar-refractivity contribution is 0.312. The molecule has 1 unspecified atom stereocenters. The predicted octanol–water partition coefficient (Wildman–Crippen LogP) is 2.25. The maximum Gasteiger partial charge on any atom is 0.169 e. The number of rotatable bonds is 5. The average molecular weight is 393 g/mol. The Morgan fingerprint density at radius 2 is 1.52 bits per heavy atom. The summed E-state index contributed by atoms with van der Waals surface area (Å²) < 4.78 is 0. The molecule has 2 N–H and O–H groups in total. The molecule has 0 aliphatic carbocycles. The van der Waals surface area contributed by atoms with Gasteiger partial charge in [-0.25, -0.2) is 15.0 Å². The Hall–Kier alpha value is -2.58. The summed E-state index contributed by atoms with van der Waals surface area (Å²) in [6.45, 7) is 5.93. The highest BCUT2D eigenvalue weighted by Gasteiger charge is 2.27. The number of hydrogen-bond acceptors (Lipinski definition) is 8. The van der Waals surface area contributed by atoms with E-state index in [1.54, 1.807) is 0 Å². The molecule has 4 heterocycles. The minimum atomic E-state index is -0.266. The molecule has 4 aliphatic rings. The SMILES string of the molecule is Oc1c(CN2CCCC2)cc(NC2=NC=NC3=NC=NC32)cc1CN1CCCC1. The lowest BCUT2D eigenvalue weighted by Crippen LogP contribution is -2.33. The number of aliphatic imine (C=N–C) groups is 4. The van der Waals surface area contributed by atoms with Crippen LogP contribution in [0.15, 0.2) is 32.1 Å². The summed E-state index contributed by atoms with van der Waals surface area (Å²) in [6.07, 6.45) is 7.99. The molecule has 1 atom stereocenters. The van der Waals surface area contributed by atoms with E-state index in [2.05, 4.69) is 35.1 Å². The van der Waals surface area contributed by atoms with Crippen LogP contribution in [-0.2, 0) is 13.1 Å². The quantitative estimate of drug-likeness (QED) is 0.751. The molecule has 1 aromatic carbocycles. The summed E-state index contributed by atoms with van der Waals surface area (Å²) in [5, 5.41) is 14.4. The van der Waals surface area contributed by atoms with Crippen molar-refractivity contribution in [3.63, 3.8) is 0 Å². The third kappa shape index (κ3) is 3.95. The molecule has 2 fully saturated rings. The van der Waals surface area contributed by atoms with E-state index < -0.39 is 0 Å². The van der Waals surface area contributed by atoms with Gasteiger partial charge in [0.2, 0.25) is 0 Å². The monoisotopic (exact) mass is 393 g/mol. The number of hydrogen-bond donors (Lipinski definition) is 2. The lowest BCUT2D eigenvalue weighted by Gasteiger charge is -2.22. The summed E-state index contributed by atoms with van der Waals surface area (Å²) in [5.74, 6) is 1.82. The van der Waals surface area contributed by atoms with Crippen LogP contribution in [0.5, 0.6) is 5.75 Å². The number of amidine groups is 2. The maximum absolute atomic E-state index is 11.0. The fourth-order valence-electron chi connectivity index (χ4n) is 4.50. The molecule has 8 heteroatoms. The van der Waals surface area contributed by atoms with Crippen molar-refractivity contribution in [3.8, 4) is 5.75 Å². The van der Waals surface area contributed by atoms with Crippen LogP contribution in [-0.4, -0.2) is 71.5 Å². The molecule has 0 saturated carbocycles. The van der Waals surface area contributed by atoms with Crippen molar-refractivity contribution in [2.75, 3.05) is 31.5 Å². The van der Waals surface area contributed by atoms with Crippen molar-refractivity contribution in [1.82, 2.24) is 9.80 Å². The van der Waals surface area contributed by atoms with Crippen LogP contribution < -0.4 is 5.32 Å². The van der Waals surface area contributed by atoms with Gasteiger partial charge in [0.15, 0.2) is 11.9 Å². The molecule has 0 amide bonds. The van der Waals surface area contributed by atoms with Gasteiger partial charge in [-0.3, -0.25) is 14.8 Å². The number of anilines is 1. The van der Waals surface area contributed by atoms with Gasteiger partial charge < -0.3 is 10.4 Å². The summed E-state index contributed by atoms with van der Waals surface area (Å²) in [7, 11) is 0. The Morgan fingerprint density at radius 3 is 2.14 bits per heavy atom. The lowest BCUT2D eigenvalue weighted by atomic mass is 10.1. The molecule has 1 aromatic rings. The van der Waals surface area contributed by atoms with Gasteiger partial charge in [0.1, 0.15) is 24.3 Å². The van der Waals surface area contributed by atoms with Gasteiger partial charge in [0.25, 0.3) is 0 Å². The van der Waals surface area contributed by atoms with Crippen LogP contribution in [0.4, 0.5) is 5.69 Å². The first kappa shape index (κ1) is 18.4. The third-order valence-electron chi connectivity index (χ3n) is 6.02. The van der Waals surface area contributed by atoms with Crippen molar-refractivity contribution in [2.45, 2.75) is 44.8 Å². The number of aromatic hydroxyl groups is 1. The molecular weight excluding hydrogens is 366 g/mol. The van der Waals surface area contributed by atoms with E-state index in [0.29, 0.717) is 11.6 Å². The standard InChI is InChI=1S/C21H27N7O/c29-19-15(11-27-5-1-2-6-27)9-17(10-16(19)12-28-7-3-4-8-28)26-21-18-20(23-13-22-18)24-14-25-21/h9-10,13-14,18,29H,1-8,11-12H2,(H,22,23,24,25,26). The topological polar surface area (TPSA) is 88.2 Å². The fraction of sp³-hybridized carbons (Fsp3) is 0.524.